The predicted molar refractivity (Wildman–Crippen MR) is 95.2 cm³/mol. The van der Waals surface area contributed by atoms with E-state index in [2.05, 4.69) is 4.90 Å². The molecule has 0 amide bonds. The number of piperazine rings is 1. The topological polar surface area (TPSA) is 65.8 Å². The summed E-state index contributed by atoms with van der Waals surface area (Å²) in [5.41, 5.74) is -1.43. The minimum Gasteiger partial charge on any atom is -0.477 e. The van der Waals surface area contributed by atoms with Crippen molar-refractivity contribution in [3.05, 3.63) is 33.5 Å². The van der Waals surface area contributed by atoms with E-state index in [1.165, 1.54) is 16.3 Å². The number of carboxylic acid groups (broad SMARTS) is 1. The van der Waals surface area contributed by atoms with Crippen LogP contribution in [0, 0.1) is 11.6 Å². The second-order valence-electron chi connectivity index (χ2n) is 6.71. The number of carboxylic acids is 1. The molecule has 3 heterocycles. The maximum atomic E-state index is 15.3. The zero-order valence-corrected chi connectivity index (χ0v) is 15.1. The van der Waals surface area contributed by atoms with Crippen LogP contribution in [-0.4, -0.2) is 53.3 Å². The van der Waals surface area contributed by atoms with E-state index in [-0.39, 0.29) is 27.7 Å². The van der Waals surface area contributed by atoms with Gasteiger partial charge in [0.2, 0.25) is 5.43 Å². The first-order chi connectivity index (χ1) is 12.3. The monoisotopic (exact) mass is 381 g/mol. The highest BCUT2D eigenvalue weighted by Crippen LogP contribution is 2.40. The average Bonchev–Trinajstić information content (AvgIpc) is 2.55. The molecule has 1 aromatic carbocycles. The van der Waals surface area contributed by atoms with Crippen molar-refractivity contribution in [2.24, 2.45) is 0 Å². The summed E-state index contributed by atoms with van der Waals surface area (Å²) in [5.74, 6) is -2.70. The largest absolute Gasteiger partial charge is 0.477 e. The van der Waals surface area contributed by atoms with Gasteiger partial charge in [-0.3, -0.25) is 4.79 Å². The number of rotatable bonds is 2. The molecule has 0 aliphatic carbocycles. The molecular weight excluding hydrogens is 364 g/mol. The number of nitrogens with zero attached hydrogens (tertiary/aromatic N) is 3. The van der Waals surface area contributed by atoms with Gasteiger partial charge in [-0.15, -0.1) is 0 Å². The molecule has 2 aliphatic rings. The van der Waals surface area contributed by atoms with E-state index in [1.807, 2.05) is 14.0 Å². The maximum absolute atomic E-state index is 15.3. The molecule has 138 valence electrons. The van der Waals surface area contributed by atoms with Gasteiger partial charge in [-0.05, 0) is 20.0 Å². The van der Waals surface area contributed by atoms with Gasteiger partial charge in [-0.25, -0.2) is 13.6 Å². The summed E-state index contributed by atoms with van der Waals surface area (Å²) in [6.07, 6.45) is 0. The van der Waals surface area contributed by atoms with E-state index in [1.54, 1.807) is 4.90 Å². The molecule has 9 heteroatoms. The summed E-state index contributed by atoms with van der Waals surface area (Å²) in [6.45, 7) is 3.59. The Morgan fingerprint density at radius 1 is 1.35 bits per heavy atom. The fraction of sp³-hybridized carbons (Fsp3) is 0.412. The van der Waals surface area contributed by atoms with Gasteiger partial charge in [0.1, 0.15) is 17.1 Å². The van der Waals surface area contributed by atoms with Gasteiger partial charge in [0.25, 0.3) is 0 Å². The fourth-order valence-electron chi connectivity index (χ4n) is 3.56. The van der Waals surface area contributed by atoms with Crippen LogP contribution < -0.4 is 10.3 Å². The number of likely N-dealkylation sites (N-methyl/N-ethyl adjacent to an activating group) is 1. The van der Waals surface area contributed by atoms with Crippen LogP contribution >= 0.6 is 11.8 Å². The maximum Gasteiger partial charge on any atom is 0.342 e. The van der Waals surface area contributed by atoms with Crippen LogP contribution in [-0.2, 0) is 5.88 Å². The number of thioether (sulfide) groups is 1. The molecule has 0 saturated carbocycles. The number of aromatic carboxylic acids is 1. The Balaban J connectivity index is 1.96. The third-order valence-corrected chi connectivity index (χ3v) is 6.27. The lowest BCUT2D eigenvalue weighted by Crippen LogP contribution is -2.50. The van der Waals surface area contributed by atoms with Gasteiger partial charge in [0.05, 0.1) is 21.8 Å². The van der Waals surface area contributed by atoms with E-state index >= 15 is 4.39 Å². The highest BCUT2D eigenvalue weighted by molar-refractivity contribution is 7.99. The minimum absolute atomic E-state index is 0.0169. The molecule has 1 N–H and O–H groups in total. The molecule has 0 spiro atoms. The number of hydrogen-bond donors (Lipinski definition) is 1. The van der Waals surface area contributed by atoms with Crippen molar-refractivity contribution in [1.29, 1.82) is 0 Å². The molecule has 26 heavy (non-hydrogen) atoms. The normalized spacial score (nSPS) is 20.2. The second kappa shape index (κ2) is 5.95. The number of carbonyl (C=O) groups is 1. The Hall–Kier alpha value is -2.13. The summed E-state index contributed by atoms with van der Waals surface area (Å²) >= 11 is 1.17. The molecule has 6 nitrogen and oxygen atoms in total. The Kier molecular flexibility index (Phi) is 3.96. The summed E-state index contributed by atoms with van der Waals surface area (Å²) < 4.78 is 31.5. The summed E-state index contributed by atoms with van der Waals surface area (Å²) in [4.78, 5) is 27.7. The van der Waals surface area contributed by atoms with Crippen molar-refractivity contribution < 1.29 is 18.7 Å². The van der Waals surface area contributed by atoms with Crippen molar-refractivity contribution in [3.8, 4) is 0 Å². The molecule has 1 atom stereocenters. The molecular formula is C17H17F2N3O3S. The van der Waals surface area contributed by atoms with Crippen molar-refractivity contribution in [3.63, 3.8) is 0 Å². The Labute approximate surface area is 152 Å². The highest BCUT2D eigenvalue weighted by atomic mass is 32.2. The number of aromatic nitrogens is 1. The molecule has 1 saturated heterocycles. The fourth-order valence-corrected chi connectivity index (χ4v) is 4.50. The summed E-state index contributed by atoms with van der Waals surface area (Å²) in [5, 5.41) is 9.28. The number of anilines is 1. The van der Waals surface area contributed by atoms with Crippen LogP contribution in [0.1, 0.15) is 17.3 Å². The van der Waals surface area contributed by atoms with E-state index in [0.29, 0.717) is 25.5 Å². The van der Waals surface area contributed by atoms with Crippen LogP contribution in [0.2, 0.25) is 0 Å². The Bertz CT molecular complexity index is 1010. The van der Waals surface area contributed by atoms with E-state index in [0.717, 1.165) is 6.07 Å². The van der Waals surface area contributed by atoms with Crippen LogP contribution in [0.15, 0.2) is 15.9 Å². The predicted octanol–water partition coefficient (Wildman–Crippen LogP) is 2.18. The minimum atomic E-state index is -1.38. The SMILES string of the molecule is CC1CN(c2c(F)cc3c(=O)c(C(=O)O)c4n(c3c2F)CS4)CCN1C. The van der Waals surface area contributed by atoms with Crippen molar-refractivity contribution in [2.45, 2.75) is 23.9 Å². The van der Waals surface area contributed by atoms with Crippen LogP contribution in [0.4, 0.5) is 14.5 Å². The number of halogens is 2. The standard InChI is InChI=1S/C17H17F2N3O3S/c1-8-6-21(4-3-20(8)2)14-10(18)5-9-13(12(14)19)22-7-26-16(22)11(15(9)23)17(24)25/h5,8H,3-4,6-7H2,1-2H3,(H,24,25). The Morgan fingerprint density at radius 3 is 2.65 bits per heavy atom. The average molecular weight is 381 g/mol. The first-order valence-corrected chi connectivity index (χ1v) is 9.19. The molecule has 2 aliphatic heterocycles. The van der Waals surface area contributed by atoms with Crippen molar-refractivity contribution >= 4 is 34.3 Å². The van der Waals surface area contributed by atoms with E-state index in [4.69, 9.17) is 0 Å². The molecule has 4 rings (SSSR count). The number of benzene rings is 1. The van der Waals surface area contributed by atoms with Gasteiger partial charge in [-0.2, -0.15) is 0 Å². The molecule has 1 fully saturated rings. The van der Waals surface area contributed by atoms with Gasteiger partial charge in [-0.1, -0.05) is 11.8 Å². The third kappa shape index (κ3) is 2.34. The lowest BCUT2D eigenvalue weighted by atomic mass is 10.1. The highest BCUT2D eigenvalue weighted by Gasteiger charge is 2.33. The van der Waals surface area contributed by atoms with E-state index in [9.17, 15) is 19.1 Å². The van der Waals surface area contributed by atoms with Gasteiger partial charge >= 0.3 is 5.97 Å². The smallest absolute Gasteiger partial charge is 0.342 e. The number of pyridine rings is 1. The van der Waals surface area contributed by atoms with Gasteiger partial charge < -0.3 is 19.5 Å². The van der Waals surface area contributed by atoms with Crippen LogP contribution in [0.3, 0.4) is 0 Å². The molecule has 0 radical (unpaired) electrons. The molecule has 2 aromatic rings. The first-order valence-electron chi connectivity index (χ1n) is 8.21. The zero-order chi connectivity index (χ0) is 18.7. The van der Waals surface area contributed by atoms with Crippen LogP contribution in [0.5, 0.6) is 0 Å². The summed E-state index contributed by atoms with van der Waals surface area (Å²) in [6, 6.07) is 1.11. The van der Waals surface area contributed by atoms with E-state index < -0.39 is 28.6 Å². The molecule has 0 bridgehead atoms. The molecule has 1 unspecified atom stereocenters. The Morgan fingerprint density at radius 2 is 2.08 bits per heavy atom. The zero-order valence-electron chi connectivity index (χ0n) is 14.3. The van der Waals surface area contributed by atoms with Crippen molar-refractivity contribution in [2.75, 3.05) is 31.6 Å². The third-order valence-electron chi connectivity index (χ3n) is 5.19. The lowest BCUT2D eigenvalue weighted by Gasteiger charge is -2.39. The first kappa shape index (κ1) is 17.3. The quantitative estimate of drug-likeness (QED) is 0.860. The van der Waals surface area contributed by atoms with Gasteiger partial charge in [0, 0.05) is 25.7 Å². The van der Waals surface area contributed by atoms with Gasteiger partial charge in [0.15, 0.2) is 5.82 Å². The van der Waals surface area contributed by atoms with Crippen molar-refractivity contribution in [1.82, 2.24) is 9.47 Å². The molecule has 1 aromatic heterocycles. The number of hydrogen-bond acceptors (Lipinski definition) is 5. The number of fused-ring (bicyclic) bond motifs is 3. The lowest BCUT2D eigenvalue weighted by molar-refractivity contribution is 0.0689. The van der Waals surface area contributed by atoms with Crippen LogP contribution in [0.25, 0.3) is 10.9 Å². The summed E-state index contributed by atoms with van der Waals surface area (Å²) in [7, 11) is 1.96. The second-order valence-corrected chi connectivity index (χ2v) is 7.64.